The number of benzene rings is 1. The molecule has 0 fully saturated rings. The second-order valence-corrected chi connectivity index (χ2v) is 4.93. The van der Waals surface area contributed by atoms with Crippen LogP contribution in [0.25, 0.3) is 0 Å². The molecule has 0 amide bonds. The van der Waals surface area contributed by atoms with Crippen molar-refractivity contribution < 1.29 is 14.2 Å². The van der Waals surface area contributed by atoms with E-state index in [-0.39, 0.29) is 0 Å². The molecule has 0 atom stereocenters. The predicted octanol–water partition coefficient (Wildman–Crippen LogP) is 1.26. The summed E-state index contributed by atoms with van der Waals surface area (Å²) >= 11 is 0. The van der Waals surface area contributed by atoms with Crippen molar-refractivity contribution >= 4 is 0 Å². The van der Waals surface area contributed by atoms with Crippen molar-refractivity contribution in [1.29, 1.82) is 0 Å². The maximum Gasteiger partial charge on any atom is 0.0701 e. The second kappa shape index (κ2) is 11.7. The van der Waals surface area contributed by atoms with Gasteiger partial charge in [0.25, 0.3) is 0 Å². The Morgan fingerprint density at radius 3 is 2.24 bits per heavy atom. The van der Waals surface area contributed by atoms with Gasteiger partial charge in [-0.05, 0) is 18.2 Å². The zero-order valence-corrected chi connectivity index (χ0v) is 13.2. The minimum Gasteiger partial charge on any atom is -0.382 e. The van der Waals surface area contributed by atoms with Crippen LogP contribution >= 0.6 is 0 Å². The van der Waals surface area contributed by atoms with Crippen molar-refractivity contribution in [3.05, 3.63) is 35.4 Å². The molecule has 21 heavy (non-hydrogen) atoms. The van der Waals surface area contributed by atoms with Gasteiger partial charge in [0.15, 0.2) is 0 Å². The summed E-state index contributed by atoms with van der Waals surface area (Å²) in [4.78, 5) is 2.24. The van der Waals surface area contributed by atoms with Gasteiger partial charge in [-0.1, -0.05) is 24.3 Å². The molecule has 0 aliphatic carbocycles. The Morgan fingerprint density at radius 2 is 1.57 bits per heavy atom. The van der Waals surface area contributed by atoms with Gasteiger partial charge in [-0.2, -0.15) is 0 Å². The molecule has 0 radical (unpaired) electrons. The van der Waals surface area contributed by atoms with E-state index in [1.807, 2.05) is 6.07 Å². The van der Waals surface area contributed by atoms with Crippen molar-refractivity contribution in [3.8, 4) is 0 Å². The van der Waals surface area contributed by atoms with Gasteiger partial charge in [0.1, 0.15) is 0 Å². The molecule has 0 aliphatic rings. The van der Waals surface area contributed by atoms with Crippen LogP contribution in [0.1, 0.15) is 11.1 Å². The highest BCUT2D eigenvalue weighted by Gasteiger charge is 2.04. The molecular weight excluding hydrogens is 268 g/mol. The van der Waals surface area contributed by atoms with Crippen LogP contribution < -0.4 is 5.73 Å². The molecule has 1 aromatic carbocycles. The molecule has 0 unspecified atom stereocenters. The molecule has 120 valence electrons. The van der Waals surface area contributed by atoms with Crippen LogP contribution in [-0.4, -0.2) is 58.6 Å². The fourth-order valence-electron chi connectivity index (χ4n) is 1.97. The standard InChI is InChI=1S/C16H28N2O3/c1-18(7-8-20-11-12-21-10-9-19-2)14-16-6-4-3-5-15(16)13-17/h3-6H,7-14,17H2,1-2H3. The molecule has 0 bridgehead atoms. The summed E-state index contributed by atoms with van der Waals surface area (Å²) in [6.07, 6.45) is 0. The van der Waals surface area contributed by atoms with Crippen LogP contribution in [-0.2, 0) is 27.3 Å². The summed E-state index contributed by atoms with van der Waals surface area (Å²) in [5, 5.41) is 0. The van der Waals surface area contributed by atoms with Gasteiger partial charge in [-0.3, -0.25) is 4.90 Å². The van der Waals surface area contributed by atoms with Crippen LogP contribution in [0.2, 0.25) is 0 Å². The molecule has 1 aromatic rings. The third-order valence-electron chi connectivity index (χ3n) is 3.20. The molecule has 0 saturated heterocycles. The summed E-state index contributed by atoms with van der Waals surface area (Å²) < 4.78 is 15.8. The van der Waals surface area contributed by atoms with Crippen molar-refractivity contribution in [2.24, 2.45) is 5.73 Å². The number of nitrogens with two attached hydrogens (primary N) is 1. The second-order valence-electron chi connectivity index (χ2n) is 4.93. The van der Waals surface area contributed by atoms with Gasteiger partial charge >= 0.3 is 0 Å². The number of likely N-dealkylation sites (N-methyl/N-ethyl adjacent to an activating group) is 1. The average molecular weight is 296 g/mol. The first kappa shape index (κ1) is 18.1. The SMILES string of the molecule is COCCOCCOCCN(C)Cc1ccccc1CN. The van der Waals surface area contributed by atoms with E-state index in [1.165, 1.54) is 11.1 Å². The highest BCUT2D eigenvalue weighted by atomic mass is 16.5. The Bertz CT molecular complexity index is 374. The maximum atomic E-state index is 5.75. The Balaban J connectivity index is 2.10. The fraction of sp³-hybridized carbons (Fsp3) is 0.625. The molecule has 5 heteroatoms. The van der Waals surface area contributed by atoms with Gasteiger partial charge in [-0.15, -0.1) is 0 Å². The number of rotatable bonds is 12. The Kier molecular flexibility index (Phi) is 10.0. The monoisotopic (exact) mass is 296 g/mol. The van der Waals surface area contributed by atoms with E-state index in [4.69, 9.17) is 19.9 Å². The van der Waals surface area contributed by atoms with Crippen molar-refractivity contribution in [1.82, 2.24) is 4.90 Å². The first-order valence-corrected chi connectivity index (χ1v) is 7.37. The molecular formula is C16H28N2O3. The quantitative estimate of drug-likeness (QED) is 0.588. The molecule has 0 saturated carbocycles. The third-order valence-corrected chi connectivity index (χ3v) is 3.20. The molecule has 2 N–H and O–H groups in total. The van der Waals surface area contributed by atoms with E-state index in [0.717, 1.165) is 13.1 Å². The Hall–Kier alpha value is -0.980. The van der Waals surface area contributed by atoms with Crippen LogP contribution in [0.3, 0.4) is 0 Å². The number of hydrogen-bond acceptors (Lipinski definition) is 5. The zero-order chi connectivity index (χ0) is 15.3. The van der Waals surface area contributed by atoms with E-state index in [1.54, 1.807) is 7.11 Å². The third kappa shape index (κ3) is 8.14. The van der Waals surface area contributed by atoms with Crippen molar-refractivity contribution in [3.63, 3.8) is 0 Å². The molecule has 0 aliphatic heterocycles. The van der Waals surface area contributed by atoms with Gasteiger partial charge in [0.05, 0.1) is 33.0 Å². The van der Waals surface area contributed by atoms with Gasteiger partial charge < -0.3 is 19.9 Å². The van der Waals surface area contributed by atoms with E-state index < -0.39 is 0 Å². The smallest absolute Gasteiger partial charge is 0.0701 e. The lowest BCUT2D eigenvalue weighted by atomic mass is 10.1. The van der Waals surface area contributed by atoms with E-state index in [0.29, 0.717) is 39.6 Å². The summed E-state index contributed by atoms with van der Waals surface area (Å²) in [6.45, 7) is 5.55. The molecule has 0 heterocycles. The summed E-state index contributed by atoms with van der Waals surface area (Å²) in [5.41, 5.74) is 8.24. The van der Waals surface area contributed by atoms with Gasteiger partial charge in [-0.25, -0.2) is 0 Å². The first-order chi connectivity index (χ1) is 10.3. The normalized spacial score (nSPS) is 11.2. The lowest BCUT2D eigenvalue weighted by molar-refractivity contribution is 0.0205. The Morgan fingerprint density at radius 1 is 0.952 bits per heavy atom. The van der Waals surface area contributed by atoms with E-state index in [2.05, 4.69) is 30.1 Å². The lowest BCUT2D eigenvalue weighted by Crippen LogP contribution is -2.24. The molecule has 5 nitrogen and oxygen atoms in total. The maximum absolute atomic E-state index is 5.75. The zero-order valence-electron chi connectivity index (χ0n) is 13.2. The van der Waals surface area contributed by atoms with Gasteiger partial charge in [0, 0.05) is 26.7 Å². The largest absolute Gasteiger partial charge is 0.382 e. The topological polar surface area (TPSA) is 57.0 Å². The predicted molar refractivity (Wildman–Crippen MR) is 84.2 cm³/mol. The van der Waals surface area contributed by atoms with E-state index in [9.17, 15) is 0 Å². The molecule has 0 spiro atoms. The number of ether oxygens (including phenoxy) is 3. The minimum absolute atomic E-state index is 0.583. The van der Waals surface area contributed by atoms with Crippen LogP contribution in [0.4, 0.5) is 0 Å². The average Bonchev–Trinajstić information content (AvgIpc) is 2.50. The number of hydrogen-bond donors (Lipinski definition) is 1. The van der Waals surface area contributed by atoms with Crippen molar-refractivity contribution in [2.45, 2.75) is 13.1 Å². The number of nitrogens with zero attached hydrogens (tertiary/aromatic N) is 1. The van der Waals surface area contributed by atoms with Crippen LogP contribution in [0.15, 0.2) is 24.3 Å². The molecule has 1 rings (SSSR count). The first-order valence-electron chi connectivity index (χ1n) is 7.37. The fourth-order valence-corrected chi connectivity index (χ4v) is 1.97. The minimum atomic E-state index is 0.583. The van der Waals surface area contributed by atoms with Crippen LogP contribution in [0.5, 0.6) is 0 Å². The highest BCUT2D eigenvalue weighted by Crippen LogP contribution is 2.10. The van der Waals surface area contributed by atoms with Crippen molar-refractivity contribution in [2.75, 3.05) is 53.7 Å². The molecule has 0 aromatic heterocycles. The lowest BCUT2D eigenvalue weighted by Gasteiger charge is -2.18. The van der Waals surface area contributed by atoms with Gasteiger partial charge in [0.2, 0.25) is 0 Å². The summed E-state index contributed by atoms with van der Waals surface area (Å²) in [7, 11) is 3.75. The summed E-state index contributed by atoms with van der Waals surface area (Å²) in [6, 6.07) is 8.29. The highest BCUT2D eigenvalue weighted by molar-refractivity contribution is 5.26. The van der Waals surface area contributed by atoms with E-state index >= 15 is 0 Å². The Labute approximate surface area is 128 Å². The summed E-state index contributed by atoms with van der Waals surface area (Å²) in [5.74, 6) is 0. The van der Waals surface area contributed by atoms with Crippen LogP contribution in [0, 0.1) is 0 Å². The number of methoxy groups -OCH3 is 1.